The Labute approximate surface area is 93.9 Å². The van der Waals surface area contributed by atoms with E-state index in [4.69, 9.17) is 0 Å². The number of phenols is 1. The normalized spacial score (nSPS) is 22.0. The molecule has 1 spiro atoms. The summed E-state index contributed by atoms with van der Waals surface area (Å²) >= 11 is 0. The topological polar surface area (TPSA) is 52.6 Å². The van der Waals surface area contributed by atoms with Gasteiger partial charge in [0.15, 0.2) is 0 Å². The van der Waals surface area contributed by atoms with Crippen molar-refractivity contribution in [1.82, 2.24) is 5.32 Å². The first-order chi connectivity index (χ1) is 7.69. The fraction of sp³-hybridized carbons (Fsp3) is 0.417. The molecule has 2 aliphatic rings. The number of nitrogens with zero attached hydrogens (tertiary/aromatic N) is 1. The van der Waals surface area contributed by atoms with E-state index in [0.717, 1.165) is 31.5 Å². The lowest BCUT2D eigenvalue weighted by Gasteiger charge is -2.33. The molecule has 0 aromatic heterocycles. The van der Waals surface area contributed by atoms with Gasteiger partial charge in [-0.05, 0) is 43.5 Å². The number of carbonyl (C=O) groups is 1. The van der Waals surface area contributed by atoms with Gasteiger partial charge in [-0.1, -0.05) is 0 Å². The van der Waals surface area contributed by atoms with E-state index < -0.39 is 0 Å². The van der Waals surface area contributed by atoms with Crippen molar-refractivity contribution in [1.29, 1.82) is 0 Å². The summed E-state index contributed by atoms with van der Waals surface area (Å²) in [6.45, 7) is 0.761. The first-order valence-corrected chi connectivity index (χ1v) is 5.57. The van der Waals surface area contributed by atoms with Crippen molar-refractivity contribution < 1.29 is 9.90 Å². The minimum absolute atomic E-state index is 0.0190. The predicted octanol–water partition coefficient (Wildman–Crippen LogP) is 1.84. The van der Waals surface area contributed by atoms with Crippen LogP contribution in [-0.2, 0) is 0 Å². The average Bonchev–Trinajstić information content (AvgIpc) is 3.00. The number of rotatable bonds is 1. The Morgan fingerprint density at radius 1 is 1.19 bits per heavy atom. The van der Waals surface area contributed by atoms with Crippen LogP contribution >= 0.6 is 0 Å². The maximum absolute atomic E-state index is 11.9. The lowest BCUT2D eigenvalue weighted by Crippen LogP contribution is -2.53. The lowest BCUT2D eigenvalue weighted by atomic mass is 10.1. The number of benzene rings is 1. The Bertz CT molecular complexity index is 423. The zero-order valence-corrected chi connectivity index (χ0v) is 8.94. The standard InChI is InChI=1S/C12H14N2O2/c15-10-3-1-9(2-4-10)14-8-7-12(5-6-12)13-11(14)16/h1-4,15H,5-8H2,(H,13,16). The third-order valence-electron chi connectivity index (χ3n) is 3.45. The first-order valence-electron chi connectivity index (χ1n) is 5.57. The summed E-state index contributed by atoms with van der Waals surface area (Å²) < 4.78 is 0. The van der Waals surface area contributed by atoms with E-state index >= 15 is 0 Å². The maximum atomic E-state index is 11.9. The Morgan fingerprint density at radius 3 is 2.44 bits per heavy atom. The highest BCUT2D eigenvalue weighted by Crippen LogP contribution is 2.41. The lowest BCUT2D eigenvalue weighted by molar-refractivity contribution is 0.234. The number of carbonyl (C=O) groups excluding carboxylic acids is 1. The predicted molar refractivity (Wildman–Crippen MR) is 60.6 cm³/mol. The van der Waals surface area contributed by atoms with Gasteiger partial charge in [0, 0.05) is 17.8 Å². The van der Waals surface area contributed by atoms with Gasteiger partial charge in [0.05, 0.1) is 0 Å². The second kappa shape index (κ2) is 3.14. The molecule has 1 heterocycles. The molecule has 1 aromatic carbocycles. The average molecular weight is 218 g/mol. The number of amides is 2. The number of hydrogen-bond donors (Lipinski definition) is 2. The van der Waals surface area contributed by atoms with E-state index in [-0.39, 0.29) is 17.3 Å². The molecule has 16 heavy (non-hydrogen) atoms. The molecule has 3 rings (SSSR count). The Morgan fingerprint density at radius 2 is 1.88 bits per heavy atom. The molecule has 1 aromatic rings. The van der Waals surface area contributed by atoms with E-state index in [0.29, 0.717) is 0 Å². The van der Waals surface area contributed by atoms with Gasteiger partial charge in [-0.15, -0.1) is 0 Å². The molecule has 2 amide bonds. The molecule has 1 aliphatic carbocycles. The molecule has 2 fully saturated rings. The number of phenolic OH excluding ortho intramolecular Hbond substituents is 1. The Kier molecular flexibility index (Phi) is 1.87. The highest BCUT2D eigenvalue weighted by Gasteiger charge is 2.47. The molecule has 4 heteroatoms. The van der Waals surface area contributed by atoms with Crippen LogP contribution in [0, 0.1) is 0 Å². The molecule has 1 saturated carbocycles. The molecule has 2 N–H and O–H groups in total. The van der Waals surface area contributed by atoms with E-state index in [9.17, 15) is 9.90 Å². The third-order valence-corrected chi connectivity index (χ3v) is 3.45. The third kappa shape index (κ3) is 1.50. The maximum Gasteiger partial charge on any atom is 0.322 e. The molecular weight excluding hydrogens is 204 g/mol. The zero-order valence-electron chi connectivity index (χ0n) is 8.94. The largest absolute Gasteiger partial charge is 0.508 e. The fourth-order valence-electron chi connectivity index (χ4n) is 2.19. The van der Waals surface area contributed by atoms with Crippen molar-refractivity contribution >= 4 is 11.7 Å². The summed E-state index contributed by atoms with van der Waals surface area (Å²) in [6.07, 6.45) is 3.24. The van der Waals surface area contributed by atoms with Gasteiger partial charge in [-0.2, -0.15) is 0 Å². The summed E-state index contributed by atoms with van der Waals surface area (Å²) in [5, 5.41) is 12.2. The van der Waals surface area contributed by atoms with Gasteiger partial charge in [0.2, 0.25) is 0 Å². The van der Waals surface area contributed by atoms with Crippen LogP contribution in [-0.4, -0.2) is 23.2 Å². The SMILES string of the molecule is O=C1NC2(CCN1c1ccc(O)cc1)CC2. The summed E-state index contributed by atoms with van der Waals surface area (Å²) in [7, 11) is 0. The summed E-state index contributed by atoms with van der Waals surface area (Å²) in [4.78, 5) is 13.6. The van der Waals surface area contributed by atoms with Crippen molar-refractivity contribution in [3.8, 4) is 5.75 Å². The molecule has 4 nitrogen and oxygen atoms in total. The van der Waals surface area contributed by atoms with Crippen LogP contribution in [0.2, 0.25) is 0 Å². The van der Waals surface area contributed by atoms with E-state index in [1.54, 1.807) is 29.2 Å². The number of urea groups is 1. The second-order valence-electron chi connectivity index (χ2n) is 4.63. The molecule has 1 saturated heterocycles. The van der Waals surface area contributed by atoms with Gasteiger partial charge >= 0.3 is 6.03 Å². The molecule has 0 bridgehead atoms. The quantitative estimate of drug-likeness (QED) is 0.755. The molecule has 0 radical (unpaired) electrons. The van der Waals surface area contributed by atoms with Crippen molar-refractivity contribution in [3.63, 3.8) is 0 Å². The van der Waals surface area contributed by atoms with Gasteiger partial charge in [0.25, 0.3) is 0 Å². The monoisotopic (exact) mass is 218 g/mol. The van der Waals surface area contributed by atoms with Crippen molar-refractivity contribution in [3.05, 3.63) is 24.3 Å². The highest BCUT2D eigenvalue weighted by molar-refractivity contribution is 5.93. The zero-order chi connectivity index (χ0) is 11.2. The smallest absolute Gasteiger partial charge is 0.322 e. The molecule has 1 aliphatic heterocycles. The van der Waals surface area contributed by atoms with Crippen LogP contribution < -0.4 is 10.2 Å². The fourth-order valence-corrected chi connectivity index (χ4v) is 2.19. The van der Waals surface area contributed by atoms with Crippen LogP contribution in [0.5, 0.6) is 5.75 Å². The number of anilines is 1. The van der Waals surface area contributed by atoms with Crippen LogP contribution in [0.15, 0.2) is 24.3 Å². The Hall–Kier alpha value is -1.71. The van der Waals surface area contributed by atoms with E-state index in [2.05, 4.69) is 5.32 Å². The van der Waals surface area contributed by atoms with E-state index in [1.165, 1.54) is 0 Å². The van der Waals surface area contributed by atoms with Crippen LogP contribution in [0.25, 0.3) is 0 Å². The van der Waals surface area contributed by atoms with Crippen molar-refractivity contribution in [2.45, 2.75) is 24.8 Å². The van der Waals surface area contributed by atoms with E-state index in [1.807, 2.05) is 0 Å². The van der Waals surface area contributed by atoms with Gasteiger partial charge in [0.1, 0.15) is 5.75 Å². The van der Waals surface area contributed by atoms with Crippen LogP contribution in [0.3, 0.4) is 0 Å². The second-order valence-corrected chi connectivity index (χ2v) is 4.63. The van der Waals surface area contributed by atoms with Crippen LogP contribution in [0.1, 0.15) is 19.3 Å². The summed E-state index contributed by atoms with van der Waals surface area (Å²) in [6, 6.07) is 6.71. The van der Waals surface area contributed by atoms with Crippen molar-refractivity contribution in [2.24, 2.45) is 0 Å². The van der Waals surface area contributed by atoms with Crippen LogP contribution in [0.4, 0.5) is 10.5 Å². The molecular formula is C12H14N2O2. The summed E-state index contributed by atoms with van der Waals surface area (Å²) in [5.41, 5.74) is 0.954. The minimum atomic E-state index is -0.0190. The van der Waals surface area contributed by atoms with Gasteiger partial charge < -0.3 is 10.4 Å². The number of nitrogens with one attached hydrogen (secondary N) is 1. The molecule has 0 unspecified atom stereocenters. The van der Waals surface area contributed by atoms with Gasteiger partial charge in [-0.25, -0.2) is 4.79 Å². The molecule has 84 valence electrons. The Balaban J connectivity index is 1.80. The first kappa shape index (κ1) is 9.51. The van der Waals surface area contributed by atoms with Crippen molar-refractivity contribution in [2.75, 3.05) is 11.4 Å². The summed E-state index contributed by atoms with van der Waals surface area (Å²) in [5.74, 6) is 0.222. The van der Waals surface area contributed by atoms with Gasteiger partial charge in [-0.3, -0.25) is 4.90 Å². The number of aromatic hydroxyl groups is 1. The molecule has 0 atom stereocenters. The highest BCUT2D eigenvalue weighted by atomic mass is 16.3. The minimum Gasteiger partial charge on any atom is -0.508 e. The number of hydrogen-bond acceptors (Lipinski definition) is 2.